The molecule has 1 heterocycles. The van der Waals surface area contributed by atoms with E-state index in [4.69, 9.17) is 14.2 Å². The smallest absolute Gasteiger partial charge is 0.295 e. The number of likely N-dealkylation sites (N-methyl/N-ethyl adjacent to an activating group) is 1. The predicted molar refractivity (Wildman–Crippen MR) is 134 cm³/mol. The third-order valence-corrected chi connectivity index (χ3v) is 6.48. The van der Waals surface area contributed by atoms with Crippen molar-refractivity contribution in [2.24, 2.45) is 0 Å². The van der Waals surface area contributed by atoms with E-state index >= 15 is 0 Å². The summed E-state index contributed by atoms with van der Waals surface area (Å²) in [7, 11) is 4.64. The molecule has 3 rings (SSSR count). The highest BCUT2D eigenvalue weighted by Gasteiger charge is 2.46. The summed E-state index contributed by atoms with van der Waals surface area (Å²) in [5.41, 5.74) is 1.94. The Morgan fingerprint density at radius 3 is 2.14 bits per heavy atom. The number of Topliss-reactive ketones (excluding diaryl/α,β-unsaturated/α-hetero) is 1. The van der Waals surface area contributed by atoms with E-state index in [2.05, 4.69) is 18.7 Å². The van der Waals surface area contributed by atoms with E-state index in [0.717, 1.165) is 18.7 Å². The summed E-state index contributed by atoms with van der Waals surface area (Å²) in [5, 5.41) is 11.3. The summed E-state index contributed by atoms with van der Waals surface area (Å²) >= 11 is 0. The second kappa shape index (κ2) is 11.3. The fourth-order valence-corrected chi connectivity index (χ4v) is 4.45. The van der Waals surface area contributed by atoms with Gasteiger partial charge in [-0.2, -0.15) is 0 Å². The van der Waals surface area contributed by atoms with E-state index in [1.807, 2.05) is 6.92 Å². The minimum absolute atomic E-state index is 0.0475. The quantitative estimate of drug-likeness (QED) is 0.313. The predicted octanol–water partition coefficient (Wildman–Crippen LogP) is 3.78. The van der Waals surface area contributed by atoms with Crippen LogP contribution in [0.4, 0.5) is 0 Å². The van der Waals surface area contributed by atoms with Crippen LogP contribution in [-0.2, 0) is 9.59 Å². The van der Waals surface area contributed by atoms with Gasteiger partial charge in [-0.1, -0.05) is 19.9 Å². The van der Waals surface area contributed by atoms with Crippen LogP contribution in [0.2, 0.25) is 0 Å². The molecule has 1 amide bonds. The van der Waals surface area contributed by atoms with Crippen molar-refractivity contribution in [2.75, 3.05) is 47.5 Å². The van der Waals surface area contributed by atoms with Gasteiger partial charge in [-0.15, -0.1) is 0 Å². The minimum atomic E-state index is -0.771. The standard InChI is InChI=1S/C27H34N2O6/c1-7-28(8-2)13-14-29-24(18-9-12-21(34-5)22(16-18)35-6)23(26(31)27(29)32)25(30)19-10-11-20(33-4)17(3)15-19/h9-12,15-16,24,30H,7-8,13-14H2,1-6H3/b25-23+/t24-/m0/s1. The number of amides is 1. The third-order valence-electron chi connectivity index (χ3n) is 6.48. The van der Waals surface area contributed by atoms with Crippen molar-refractivity contribution >= 4 is 17.4 Å². The Balaban J connectivity index is 2.17. The minimum Gasteiger partial charge on any atom is -0.507 e. The lowest BCUT2D eigenvalue weighted by molar-refractivity contribution is -0.140. The van der Waals surface area contributed by atoms with Crippen LogP contribution in [0.25, 0.3) is 5.76 Å². The number of hydrogen-bond acceptors (Lipinski definition) is 7. The van der Waals surface area contributed by atoms with Crippen molar-refractivity contribution in [3.63, 3.8) is 0 Å². The number of rotatable bonds is 10. The maximum atomic E-state index is 13.3. The van der Waals surface area contributed by atoms with Crippen LogP contribution >= 0.6 is 0 Å². The number of ether oxygens (including phenoxy) is 3. The van der Waals surface area contributed by atoms with Crippen LogP contribution in [0, 0.1) is 6.92 Å². The molecule has 0 spiro atoms. The largest absolute Gasteiger partial charge is 0.507 e. The van der Waals surface area contributed by atoms with Gasteiger partial charge in [-0.25, -0.2) is 0 Å². The lowest BCUT2D eigenvalue weighted by Crippen LogP contribution is -2.38. The van der Waals surface area contributed by atoms with Gasteiger partial charge in [0.15, 0.2) is 11.5 Å². The molecule has 0 saturated carbocycles. The highest BCUT2D eigenvalue weighted by Crippen LogP contribution is 2.42. The maximum Gasteiger partial charge on any atom is 0.295 e. The molecule has 1 saturated heterocycles. The molecule has 188 valence electrons. The number of aliphatic hydroxyl groups is 1. The average molecular weight is 483 g/mol. The first kappa shape index (κ1) is 26.1. The van der Waals surface area contributed by atoms with Crippen LogP contribution in [-0.4, -0.2) is 74.1 Å². The topological polar surface area (TPSA) is 88.5 Å². The Hall–Kier alpha value is -3.52. The van der Waals surface area contributed by atoms with Crippen LogP contribution in [0.5, 0.6) is 17.2 Å². The van der Waals surface area contributed by atoms with E-state index in [-0.39, 0.29) is 11.3 Å². The van der Waals surface area contributed by atoms with Gasteiger partial charge in [0.25, 0.3) is 11.7 Å². The second-order valence-corrected chi connectivity index (χ2v) is 8.32. The molecule has 1 N–H and O–H groups in total. The molecule has 0 unspecified atom stereocenters. The first-order valence-corrected chi connectivity index (χ1v) is 11.7. The molecule has 35 heavy (non-hydrogen) atoms. The summed E-state index contributed by atoms with van der Waals surface area (Å²) < 4.78 is 16.1. The first-order chi connectivity index (χ1) is 16.8. The zero-order valence-corrected chi connectivity index (χ0v) is 21.3. The Labute approximate surface area is 206 Å². The van der Waals surface area contributed by atoms with Crippen molar-refractivity contribution in [1.29, 1.82) is 0 Å². The van der Waals surface area contributed by atoms with Crippen molar-refractivity contribution in [2.45, 2.75) is 26.8 Å². The molecular weight excluding hydrogens is 448 g/mol. The fourth-order valence-electron chi connectivity index (χ4n) is 4.45. The number of likely N-dealkylation sites (tertiary alicyclic amines) is 1. The van der Waals surface area contributed by atoms with Crippen LogP contribution in [0.3, 0.4) is 0 Å². The van der Waals surface area contributed by atoms with Gasteiger partial charge in [0.1, 0.15) is 11.5 Å². The molecule has 0 radical (unpaired) electrons. The van der Waals surface area contributed by atoms with Gasteiger partial charge in [0.05, 0.1) is 32.9 Å². The van der Waals surface area contributed by atoms with E-state index in [9.17, 15) is 14.7 Å². The third kappa shape index (κ3) is 5.12. The van der Waals surface area contributed by atoms with Crippen molar-refractivity contribution in [1.82, 2.24) is 9.80 Å². The molecule has 8 nitrogen and oxygen atoms in total. The summed E-state index contributed by atoms with van der Waals surface area (Å²) in [5.74, 6) is 0.0951. The van der Waals surface area contributed by atoms with Gasteiger partial charge in [-0.05, 0) is 61.5 Å². The number of nitrogens with zero attached hydrogens (tertiary/aromatic N) is 2. The second-order valence-electron chi connectivity index (χ2n) is 8.32. The Morgan fingerprint density at radius 1 is 0.943 bits per heavy atom. The molecule has 8 heteroatoms. The fraction of sp³-hybridized carbons (Fsp3) is 0.407. The molecular formula is C27H34N2O6. The van der Waals surface area contributed by atoms with E-state index in [1.54, 1.807) is 50.6 Å². The number of carbonyl (C=O) groups excluding carboxylic acids is 2. The van der Waals surface area contributed by atoms with Gasteiger partial charge in [0.2, 0.25) is 0 Å². The highest BCUT2D eigenvalue weighted by molar-refractivity contribution is 6.46. The van der Waals surface area contributed by atoms with Crippen LogP contribution < -0.4 is 14.2 Å². The van der Waals surface area contributed by atoms with Crippen molar-refractivity contribution < 1.29 is 28.9 Å². The molecule has 2 aromatic carbocycles. The highest BCUT2D eigenvalue weighted by atomic mass is 16.5. The number of aliphatic hydroxyl groups excluding tert-OH is 1. The van der Waals surface area contributed by atoms with E-state index < -0.39 is 17.7 Å². The molecule has 0 bridgehead atoms. The Kier molecular flexibility index (Phi) is 8.40. The normalized spacial score (nSPS) is 17.2. The molecule has 0 aromatic heterocycles. The monoisotopic (exact) mass is 482 g/mol. The Bertz CT molecular complexity index is 1120. The number of aryl methyl sites for hydroxylation is 1. The lowest BCUT2D eigenvalue weighted by atomic mass is 9.94. The summed E-state index contributed by atoms with van der Waals surface area (Å²) in [6.45, 7) is 8.54. The molecule has 2 aromatic rings. The lowest BCUT2D eigenvalue weighted by Gasteiger charge is -2.28. The average Bonchev–Trinajstić information content (AvgIpc) is 3.13. The van der Waals surface area contributed by atoms with Gasteiger partial charge in [0, 0.05) is 18.7 Å². The molecule has 0 aliphatic carbocycles. The number of ketones is 1. The van der Waals surface area contributed by atoms with E-state index in [1.165, 1.54) is 12.0 Å². The SMILES string of the molecule is CCN(CC)CCN1C(=O)C(=O)/C(=C(/O)c2ccc(OC)c(C)c2)[C@@H]1c1ccc(OC)c(OC)c1. The molecule has 1 atom stereocenters. The molecule has 1 aliphatic heterocycles. The summed E-state index contributed by atoms with van der Waals surface area (Å²) in [4.78, 5) is 30.2. The number of carbonyl (C=O) groups is 2. The van der Waals surface area contributed by atoms with E-state index in [0.29, 0.717) is 41.5 Å². The van der Waals surface area contributed by atoms with Gasteiger partial charge >= 0.3 is 0 Å². The number of benzene rings is 2. The van der Waals surface area contributed by atoms with Crippen molar-refractivity contribution in [3.8, 4) is 17.2 Å². The Morgan fingerprint density at radius 2 is 1.57 bits per heavy atom. The molecule has 1 aliphatic rings. The maximum absolute atomic E-state index is 13.3. The number of hydrogen-bond donors (Lipinski definition) is 1. The van der Waals surface area contributed by atoms with Crippen LogP contribution in [0.1, 0.15) is 36.6 Å². The first-order valence-electron chi connectivity index (χ1n) is 11.7. The van der Waals surface area contributed by atoms with Gasteiger partial charge in [-0.3, -0.25) is 9.59 Å². The number of methoxy groups -OCH3 is 3. The zero-order valence-electron chi connectivity index (χ0n) is 21.3. The van der Waals surface area contributed by atoms with Crippen molar-refractivity contribution in [3.05, 3.63) is 58.7 Å². The summed E-state index contributed by atoms with van der Waals surface area (Å²) in [6.07, 6.45) is 0. The summed E-state index contributed by atoms with van der Waals surface area (Å²) in [6, 6.07) is 9.64. The van der Waals surface area contributed by atoms with Crippen LogP contribution in [0.15, 0.2) is 42.0 Å². The van der Waals surface area contributed by atoms with Gasteiger partial charge < -0.3 is 29.1 Å². The molecule has 1 fully saturated rings. The zero-order chi connectivity index (χ0) is 25.7.